The van der Waals surface area contributed by atoms with Crippen LogP contribution in [0.1, 0.15) is 40.5 Å². The number of amides is 3. The Bertz CT molecular complexity index is 502. The minimum atomic E-state index is -1.08. The molecule has 1 aliphatic rings. The molecule has 1 aliphatic heterocycles. The van der Waals surface area contributed by atoms with E-state index in [0.29, 0.717) is 0 Å². The van der Waals surface area contributed by atoms with E-state index in [9.17, 15) is 14.4 Å². The van der Waals surface area contributed by atoms with Crippen molar-refractivity contribution >= 4 is 17.7 Å². The van der Waals surface area contributed by atoms with Gasteiger partial charge in [-0.1, -0.05) is 20.8 Å². The summed E-state index contributed by atoms with van der Waals surface area (Å²) in [6.07, 6.45) is 7.82. The van der Waals surface area contributed by atoms with Gasteiger partial charge in [-0.05, 0) is 27.4 Å². The van der Waals surface area contributed by atoms with Gasteiger partial charge in [0, 0.05) is 27.5 Å². The van der Waals surface area contributed by atoms with Gasteiger partial charge in [-0.2, -0.15) is 12.2 Å². The van der Waals surface area contributed by atoms with Gasteiger partial charge in [0.2, 0.25) is 5.91 Å². The topological polar surface area (TPSA) is 87.3 Å². The number of hydrogen-bond donors (Lipinski definition) is 3. The normalized spacial score (nSPS) is 19.4. The monoisotopic (exact) mass is 520 g/mol. The standard InChI is InChI=1S/C14H17N2O3.C2H7N.C2H6.W/c1-4-6-10(7-5-2)12(18)16-14(3)9-8-11(17)15-13(14)19;1-3-2;1-2;/h4-6H,1,8-9H2,2-3H3,(H,16,18)(H,15,17,19);3H,1-2H3;1-2H3;/q-1;;;/b10-6+;;;. The molecule has 0 aromatic rings. The maximum Gasteiger partial charge on any atom is 0.251 e. The maximum absolute atomic E-state index is 12.0. The van der Waals surface area contributed by atoms with Crippen molar-refractivity contribution in [2.45, 2.75) is 46.1 Å². The summed E-state index contributed by atoms with van der Waals surface area (Å²) >= 11 is 0. The van der Waals surface area contributed by atoms with Crippen molar-refractivity contribution in [2.24, 2.45) is 0 Å². The fraction of sp³-hybridized carbons (Fsp3) is 0.500. The first kappa shape index (κ1) is 28.3. The van der Waals surface area contributed by atoms with Crippen LogP contribution in [0.25, 0.3) is 0 Å². The van der Waals surface area contributed by atoms with Crippen molar-refractivity contribution in [1.82, 2.24) is 16.0 Å². The van der Waals surface area contributed by atoms with Gasteiger partial charge in [-0.15, -0.1) is 24.3 Å². The molecule has 0 bridgehead atoms. The van der Waals surface area contributed by atoms with E-state index in [1.54, 1.807) is 19.9 Å². The van der Waals surface area contributed by atoms with E-state index in [2.05, 4.69) is 28.6 Å². The van der Waals surface area contributed by atoms with Crippen LogP contribution in [0.5, 0.6) is 0 Å². The zero-order chi connectivity index (χ0) is 19.2. The zero-order valence-corrected chi connectivity index (χ0v) is 18.9. The van der Waals surface area contributed by atoms with Crippen LogP contribution in [0.4, 0.5) is 0 Å². The van der Waals surface area contributed by atoms with Crippen molar-refractivity contribution in [2.75, 3.05) is 14.1 Å². The fourth-order valence-corrected chi connectivity index (χ4v) is 1.70. The van der Waals surface area contributed by atoms with E-state index >= 15 is 0 Å². The molecule has 1 heterocycles. The molecular weight excluding hydrogens is 490 g/mol. The number of allylic oxidation sites excluding steroid dienone is 3. The molecule has 1 unspecified atom stereocenters. The second-order valence-corrected chi connectivity index (χ2v) is 4.91. The van der Waals surface area contributed by atoms with Crippen LogP contribution in [0.15, 0.2) is 30.4 Å². The molecule has 3 N–H and O–H groups in total. The number of piperidine rings is 1. The van der Waals surface area contributed by atoms with E-state index in [4.69, 9.17) is 0 Å². The van der Waals surface area contributed by atoms with E-state index in [1.807, 2.05) is 27.9 Å². The Morgan fingerprint density at radius 1 is 1.32 bits per heavy atom. The minimum Gasteiger partial charge on any atom is -0.392 e. The van der Waals surface area contributed by atoms with Crippen LogP contribution in [0.3, 0.4) is 0 Å². The third-order valence-electron chi connectivity index (χ3n) is 2.82. The molecule has 1 atom stereocenters. The first-order valence-corrected chi connectivity index (χ1v) is 7.97. The SMILES string of the molecule is C=C/C=C(\[C-]=CC)C(=O)NC1(C)CCC(=O)NC1=O.CC.CNC.[W]. The summed E-state index contributed by atoms with van der Waals surface area (Å²) < 4.78 is 0. The number of hydrogen-bond acceptors (Lipinski definition) is 4. The molecule has 0 radical (unpaired) electrons. The Balaban J connectivity index is -0.000000726. The molecule has 0 spiro atoms. The van der Waals surface area contributed by atoms with Crippen LogP contribution in [0.2, 0.25) is 0 Å². The van der Waals surface area contributed by atoms with Gasteiger partial charge in [0.25, 0.3) is 5.91 Å². The Hall–Kier alpha value is -1.52. The Morgan fingerprint density at radius 2 is 1.84 bits per heavy atom. The quantitative estimate of drug-likeness (QED) is 0.228. The van der Waals surface area contributed by atoms with Crippen molar-refractivity contribution in [1.29, 1.82) is 0 Å². The predicted octanol–water partition coefficient (Wildman–Crippen LogP) is 1.65. The van der Waals surface area contributed by atoms with E-state index < -0.39 is 17.4 Å². The molecule has 0 aromatic carbocycles. The fourth-order valence-electron chi connectivity index (χ4n) is 1.70. The molecule has 6 nitrogen and oxygen atoms in total. The second kappa shape index (κ2) is 16.0. The summed E-state index contributed by atoms with van der Waals surface area (Å²) in [5.74, 6) is -1.24. The van der Waals surface area contributed by atoms with Crippen molar-refractivity contribution in [3.05, 3.63) is 36.5 Å². The molecule has 25 heavy (non-hydrogen) atoms. The first-order chi connectivity index (χ1) is 11.3. The van der Waals surface area contributed by atoms with Crippen molar-refractivity contribution in [3.8, 4) is 0 Å². The Labute approximate surface area is 165 Å². The summed E-state index contributed by atoms with van der Waals surface area (Å²) in [4.78, 5) is 34.9. The van der Waals surface area contributed by atoms with Crippen molar-refractivity contribution in [3.63, 3.8) is 0 Å². The smallest absolute Gasteiger partial charge is 0.251 e. The van der Waals surface area contributed by atoms with E-state index in [1.165, 1.54) is 12.2 Å². The maximum atomic E-state index is 12.0. The number of nitrogens with one attached hydrogen (secondary N) is 3. The molecular formula is C18H30N3O3W-. The molecule has 7 heteroatoms. The van der Waals surface area contributed by atoms with Crippen LogP contribution >= 0.6 is 0 Å². The molecule has 0 aromatic heterocycles. The molecule has 142 valence electrons. The molecule has 0 aliphatic carbocycles. The Morgan fingerprint density at radius 3 is 2.24 bits per heavy atom. The molecule has 1 saturated heterocycles. The largest absolute Gasteiger partial charge is 0.392 e. The minimum absolute atomic E-state index is 0. The molecule has 1 rings (SSSR count). The van der Waals surface area contributed by atoms with E-state index in [0.717, 1.165) is 0 Å². The van der Waals surface area contributed by atoms with Gasteiger partial charge in [-0.3, -0.25) is 14.9 Å². The summed E-state index contributed by atoms with van der Waals surface area (Å²) in [7, 11) is 3.75. The number of rotatable bonds is 4. The third-order valence-corrected chi connectivity index (χ3v) is 2.82. The first-order valence-electron chi connectivity index (χ1n) is 7.97. The summed E-state index contributed by atoms with van der Waals surface area (Å²) in [5.41, 5.74) is -0.802. The van der Waals surface area contributed by atoms with Crippen LogP contribution < -0.4 is 16.0 Å². The summed E-state index contributed by atoms with van der Waals surface area (Å²) in [6, 6.07) is 0. The van der Waals surface area contributed by atoms with Gasteiger partial charge in [0.1, 0.15) is 11.4 Å². The molecule has 1 fully saturated rings. The summed E-state index contributed by atoms with van der Waals surface area (Å²) in [6.45, 7) is 10.8. The van der Waals surface area contributed by atoms with Crippen molar-refractivity contribution < 1.29 is 35.4 Å². The Kier molecular flexibility index (Phi) is 18.1. The van der Waals surface area contributed by atoms with Gasteiger partial charge in [-0.25, -0.2) is 0 Å². The van der Waals surface area contributed by atoms with Gasteiger partial charge >= 0.3 is 0 Å². The van der Waals surface area contributed by atoms with Crippen LogP contribution in [-0.2, 0) is 35.4 Å². The molecule has 3 amide bonds. The van der Waals surface area contributed by atoms with Gasteiger partial charge in [0.15, 0.2) is 0 Å². The number of imide groups is 1. The third kappa shape index (κ3) is 10.8. The van der Waals surface area contributed by atoms with Gasteiger partial charge in [0.05, 0.1) is 0 Å². The molecule has 0 saturated carbocycles. The van der Waals surface area contributed by atoms with Crippen LogP contribution in [-0.4, -0.2) is 37.4 Å². The summed E-state index contributed by atoms with van der Waals surface area (Å²) in [5, 5.41) is 7.60. The van der Waals surface area contributed by atoms with E-state index in [-0.39, 0.29) is 45.4 Å². The zero-order valence-electron chi connectivity index (χ0n) is 16.0. The average molecular weight is 520 g/mol. The van der Waals surface area contributed by atoms with Gasteiger partial charge < -0.3 is 15.4 Å². The predicted molar refractivity (Wildman–Crippen MR) is 97.0 cm³/mol. The van der Waals surface area contributed by atoms with Crippen LogP contribution in [0, 0.1) is 6.08 Å². The second-order valence-electron chi connectivity index (χ2n) is 4.91. The average Bonchev–Trinajstić information content (AvgIpc) is 2.54. The number of carbonyl (C=O) groups excluding carboxylic acids is 3. The number of carbonyl (C=O) groups is 3.